The average molecular weight is 234 g/mol. The topological polar surface area (TPSA) is 39.2 Å². The van der Waals surface area contributed by atoms with Crippen LogP contribution in [0.5, 0.6) is 0 Å². The van der Waals surface area contributed by atoms with Crippen LogP contribution in [-0.2, 0) is 4.74 Å². The maximum Gasteiger partial charge on any atom is 0.196 e. The Morgan fingerprint density at radius 1 is 1.79 bits per heavy atom. The van der Waals surface area contributed by atoms with Gasteiger partial charge in [-0.3, -0.25) is 4.79 Å². The predicted octanol–water partition coefficient (Wildman–Crippen LogP) is 2.31. The monoisotopic (exact) mass is 233 g/mol. The first kappa shape index (κ1) is 11.6. The molecule has 1 atom stereocenters. The van der Waals surface area contributed by atoms with E-state index in [1.54, 1.807) is 12.5 Å². The zero-order valence-electron chi connectivity index (χ0n) is 8.12. The smallest absolute Gasteiger partial charge is 0.196 e. The molecule has 3 nitrogen and oxygen atoms in total. The number of aromatic nitrogens is 1. The minimum Gasteiger partial charge on any atom is -0.384 e. The summed E-state index contributed by atoms with van der Waals surface area (Å²) in [5, 5.41) is 2.66. The minimum atomic E-state index is -0.126. The summed E-state index contributed by atoms with van der Waals surface area (Å²) in [5.41, 5.74) is 0.461. The van der Waals surface area contributed by atoms with Gasteiger partial charge in [0.25, 0.3) is 0 Å². The lowest BCUT2D eigenvalue weighted by Crippen LogP contribution is -2.04. The van der Waals surface area contributed by atoms with Gasteiger partial charge in [-0.1, -0.05) is 6.92 Å². The molecule has 0 aliphatic carbocycles. The van der Waals surface area contributed by atoms with Gasteiger partial charge < -0.3 is 4.74 Å². The van der Waals surface area contributed by atoms with E-state index in [4.69, 9.17) is 16.3 Å². The highest BCUT2D eigenvalue weighted by Gasteiger charge is 2.13. The van der Waals surface area contributed by atoms with Crippen LogP contribution >= 0.6 is 22.9 Å². The molecular weight excluding hydrogens is 222 g/mol. The molecule has 0 aliphatic heterocycles. The third-order valence-electron chi connectivity index (χ3n) is 1.77. The van der Waals surface area contributed by atoms with Gasteiger partial charge in [0.2, 0.25) is 0 Å². The van der Waals surface area contributed by atoms with Gasteiger partial charge in [0.15, 0.2) is 5.78 Å². The van der Waals surface area contributed by atoms with E-state index in [2.05, 4.69) is 4.98 Å². The molecule has 1 rings (SSSR count). The van der Waals surface area contributed by atoms with Crippen molar-refractivity contribution in [1.82, 2.24) is 4.98 Å². The maximum absolute atomic E-state index is 11.2. The van der Waals surface area contributed by atoms with Gasteiger partial charge >= 0.3 is 0 Å². The van der Waals surface area contributed by atoms with Gasteiger partial charge in [-0.05, 0) is 0 Å². The fourth-order valence-electron chi connectivity index (χ4n) is 1.03. The minimum absolute atomic E-state index is 0.0121. The van der Waals surface area contributed by atoms with Crippen LogP contribution in [0.1, 0.15) is 28.3 Å². The fourth-order valence-corrected chi connectivity index (χ4v) is 2.04. The molecule has 1 aromatic heterocycles. The highest BCUT2D eigenvalue weighted by atomic mass is 35.5. The number of hydrogen-bond acceptors (Lipinski definition) is 4. The second-order valence-electron chi connectivity index (χ2n) is 2.98. The highest BCUT2D eigenvalue weighted by Crippen LogP contribution is 2.20. The van der Waals surface area contributed by atoms with Crippen molar-refractivity contribution in [2.24, 2.45) is 0 Å². The number of carbonyl (C=O) groups is 1. The van der Waals surface area contributed by atoms with Crippen molar-refractivity contribution >= 4 is 28.7 Å². The second-order valence-corrected chi connectivity index (χ2v) is 4.14. The fraction of sp³-hybridized carbons (Fsp3) is 0.556. The third-order valence-corrected chi connectivity index (χ3v) is 3.09. The zero-order valence-corrected chi connectivity index (χ0v) is 9.69. The van der Waals surface area contributed by atoms with E-state index in [1.165, 1.54) is 11.3 Å². The summed E-state index contributed by atoms with van der Waals surface area (Å²) in [6.07, 6.45) is 0. The van der Waals surface area contributed by atoms with Crippen LogP contribution in [0.25, 0.3) is 0 Å². The Hall–Kier alpha value is -0.450. The normalized spacial score (nSPS) is 12.8. The number of thiazole rings is 1. The number of Topliss-reactive ketones (excluding diaryl/α,β-unsaturated/α-hetero) is 1. The number of nitrogens with zero attached hydrogens (tertiary/aromatic N) is 1. The molecule has 0 amide bonds. The molecule has 0 aliphatic rings. The largest absolute Gasteiger partial charge is 0.384 e. The first-order valence-corrected chi connectivity index (χ1v) is 5.64. The SMILES string of the molecule is COCC(C)c1nc(C(=O)CCl)cs1. The van der Waals surface area contributed by atoms with Gasteiger partial charge in [0, 0.05) is 18.4 Å². The molecule has 0 fully saturated rings. The number of ether oxygens (including phenoxy) is 1. The summed E-state index contributed by atoms with van der Waals surface area (Å²) in [4.78, 5) is 15.4. The Bertz CT molecular complexity index is 314. The molecule has 0 saturated heterocycles. The molecular formula is C9H12ClNO2S. The number of ketones is 1. The number of hydrogen-bond donors (Lipinski definition) is 0. The standard InChI is InChI=1S/C9H12ClNO2S/c1-6(4-13-2)9-11-7(5-14-9)8(12)3-10/h5-6H,3-4H2,1-2H3. The van der Waals surface area contributed by atoms with E-state index < -0.39 is 0 Å². The number of alkyl halides is 1. The van der Waals surface area contributed by atoms with Gasteiger partial charge in [0.1, 0.15) is 5.69 Å². The molecule has 1 aromatic rings. The van der Waals surface area contributed by atoms with Crippen molar-refractivity contribution < 1.29 is 9.53 Å². The van der Waals surface area contributed by atoms with Crippen LogP contribution in [0.3, 0.4) is 0 Å². The van der Waals surface area contributed by atoms with Crippen molar-refractivity contribution in [3.05, 3.63) is 16.1 Å². The van der Waals surface area contributed by atoms with Crippen LogP contribution in [0.4, 0.5) is 0 Å². The summed E-state index contributed by atoms with van der Waals surface area (Å²) in [7, 11) is 1.65. The van der Waals surface area contributed by atoms with Gasteiger partial charge in [-0.2, -0.15) is 0 Å². The van der Waals surface area contributed by atoms with Crippen LogP contribution in [0.15, 0.2) is 5.38 Å². The van der Waals surface area contributed by atoms with Crippen molar-refractivity contribution in [2.75, 3.05) is 19.6 Å². The van der Waals surface area contributed by atoms with Gasteiger partial charge in [-0.25, -0.2) is 4.98 Å². The molecule has 0 saturated carbocycles. The third kappa shape index (κ3) is 2.77. The van der Waals surface area contributed by atoms with Crippen LogP contribution in [-0.4, -0.2) is 30.4 Å². The number of methoxy groups -OCH3 is 1. The summed E-state index contributed by atoms with van der Waals surface area (Å²) in [6, 6.07) is 0. The van der Waals surface area contributed by atoms with E-state index in [0.29, 0.717) is 12.3 Å². The lowest BCUT2D eigenvalue weighted by atomic mass is 10.2. The molecule has 1 heterocycles. The molecule has 0 aromatic carbocycles. The summed E-state index contributed by atoms with van der Waals surface area (Å²) in [6.45, 7) is 2.62. The zero-order chi connectivity index (χ0) is 10.6. The first-order valence-electron chi connectivity index (χ1n) is 4.22. The van der Waals surface area contributed by atoms with Crippen LogP contribution < -0.4 is 0 Å². The number of rotatable bonds is 5. The van der Waals surface area contributed by atoms with Crippen molar-refractivity contribution in [3.63, 3.8) is 0 Å². The molecule has 0 spiro atoms. The van der Waals surface area contributed by atoms with E-state index in [0.717, 1.165) is 5.01 Å². The van der Waals surface area contributed by atoms with Crippen molar-refractivity contribution in [2.45, 2.75) is 12.8 Å². The molecule has 5 heteroatoms. The van der Waals surface area contributed by atoms with E-state index in [9.17, 15) is 4.79 Å². The number of halogens is 1. The van der Waals surface area contributed by atoms with E-state index in [1.807, 2.05) is 6.92 Å². The van der Waals surface area contributed by atoms with Crippen molar-refractivity contribution in [3.8, 4) is 0 Å². The summed E-state index contributed by atoms with van der Waals surface area (Å²) in [5.74, 6) is 0.0858. The van der Waals surface area contributed by atoms with Crippen molar-refractivity contribution in [1.29, 1.82) is 0 Å². The molecule has 0 bridgehead atoms. The molecule has 14 heavy (non-hydrogen) atoms. The Morgan fingerprint density at radius 2 is 2.50 bits per heavy atom. The highest BCUT2D eigenvalue weighted by molar-refractivity contribution is 7.09. The first-order chi connectivity index (χ1) is 6.69. The Balaban J connectivity index is 2.72. The van der Waals surface area contributed by atoms with Crippen LogP contribution in [0, 0.1) is 0 Å². The lowest BCUT2D eigenvalue weighted by Gasteiger charge is -2.04. The quantitative estimate of drug-likeness (QED) is 0.579. The Kier molecular flexibility index (Phi) is 4.51. The van der Waals surface area contributed by atoms with Gasteiger partial charge in [0.05, 0.1) is 17.5 Å². The van der Waals surface area contributed by atoms with E-state index in [-0.39, 0.29) is 17.6 Å². The van der Waals surface area contributed by atoms with Crippen LogP contribution in [0.2, 0.25) is 0 Å². The maximum atomic E-state index is 11.2. The Morgan fingerprint density at radius 3 is 3.07 bits per heavy atom. The van der Waals surface area contributed by atoms with E-state index >= 15 is 0 Å². The molecule has 0 N–H and O–H groups in total. The molecule has 78 valence electrons. The molecule has 0 radical (unpaired) electrons. The second kappa shape index (κ2) is 5.44. The Labute approximate surface area is 92.1 Å². The average Bonchev–Trinajstić information content (AvgIpc) is 2.66. The summed E-state index contributed by atoms with van der Waals surface area (Å²) < 4.78 is 5.01. The summed E-state index contributed by atoms with van der Waals surface area (Å²) >= 11 is 6.90. The molecule has 1 unspecified atom stereocenters. The predicted molar refractivity (Wildman–Crippen MR) is 57.5 cm³/mol. The number of carbonyl (C=O) groups excluding carboxylic acids is 1. The van der Waals surface area contributed by atoms with Gasteiger partial charge in [-0.15, -0.1) is 22.9 Å². The lowest BCUT2D eigenvalue weighted by molar-refractivity contribution is 0.101.